The highest BCUT2D eigenvalue weighted by Gasteiger charge is 2.51. The van der Waals surface area contributed by atoms with Crippen molar-refractivity contribution in [3.8, 4) is 11.8 Å². The normalized spacial score (nSPS) is 34.8. The van der Waals surface area contributed by atoms with E-state index in [2.05, 4.69) is 72.6 Å². The molecule has 0 aromatic rings. The van der Waals surface area contributed by atoms with Gasteiger partial charge < -0.3 is 5.11 Å². The SMILES string of the molecule is C=CCC1(C)C(CCCC(=C)C#CCC)CCC1C1=C(C)C(C)(CCCC)C(O)CC1C. The molecule has 1 saturated carbocycles. The maximum Gasteiger partial charge on any atom is 0.0636 e. The fourth-order valence-electron chi connectivity index (χ4n) is 6.93. The van der Waals surface area contributed by atoms with Crippen molar-refractivity contribution in [3.63, 3.8) is 0 Å². The summed E-state index contributed by atoms with van der Waals surface area (Å²) in [6.45, 7) is 22.2. The monoisotopic (exact) mass is 438 g/mol. The molecule has 0 amide bonds. The Morgan fingerprint density at radius 3 is 2.56 bits per heavy atom. The molecule has 0 heterocycles. The molecule has 2 aliphatic rings. The van der Waals surface area contributed by atoms with Gasteiger partial charge in [0, 0.05) is 11.8 Å². The van der Waals surface area contributed by atoms with E-state index in [0.29, 0.717) is 11.8 Å². The Balaban J connectivity index is 2.28. The zero-order valence-corrected chi connectivity index (χ0v) is 22.0. The van der Waals surface area contributed by atoms with Crippen LogP contribution in [0.5, 0.6) is 0 Å². The summed E-state index contributed by atoms with van der Waals surface area (Å²) < 4.78 is 0. The van der Waals surface area contributed by atoms with E-state index in [9.17, 15) is 5.11 Å². The van der Waals surface area contributed by atoms with Crippen LogP contribution < -0.4 is 0 Å². The molecule has 2 aliphatic carbocycles. The van der Waals surface area contributed by atoms with Gasteiger partial charge in [-0.1, -0.05) is 83.1 Å². The third-order valence-electron chi connectivity index (χ3n) is 9.15. The minimum Gasteiger partial charge on any atom is -0.392 e. The molecule has 0 radical (unpaired) electrons. The molecule has 0 aliphatic heterocycles. The van der Waals surface area contributed by atoms with E-state index in [1.807, 2.05) is 0 Å². The fraction of sp³-hybridized carbons (Fsp3) is 0.742. The van der Waals surface area contributed by atoms with Crippen LogP contribution in [0.1, 0.15) is 112 Å². The van der Waals surface area contributed by atoms with Gasteiger partial charge in [-0.05, 0) is 87.0 Å². The number of hydrogen-bond donors (Lipinski definition) is 1. The maximum absolute atomic E-state index is 11.1. The van der Waals surface area contributed by atoms with Gasteiger partial charge in [0.2, 0.25) is 0 Å². The van der Waals surface area contributed by atoms with Crippen LogP contribution in [-0.2, 0) is 0 Å². The minimum absolute atomic E-state index is 0.0687. The average molecular weight is 439 g/mol. The van der Waals surface area contributed by atoms with Gasteiger partial charge in [-0.2, -0.15) is 0 Å². The van der Waals surface area contributed by atoms with Crippen LogP contribution in [0.3, 0.4) is 0 Å². The van der Waals surface area contributed by atoms with E-state index >= 15 is 0 Å². The molecular weight excluding hydrogens is 388 g/mol. The molecule has 2 rings (SSSR count). The van der Waals surface area contributed by atoms with Gasteiger partial charge in [0.25, 0.3) is 0 Å². The summed E-state index contributed by atoms with van der Waals surface area (Å²) in [5, 5.41) is 11.1. The van der Waals surface area contributed by atoms with Crippen molar-refractivity contribution in [1.82, 2.24) is 0 Å². The molecule has 0 aromatic heterocycles. The lowest BCUT2D eigenvalue weighted by molar-refractivity contribution is 0.0214. The summed E-state index contributed by atoms with van der Waals surface area (Å²) >= 11 is 0. The topological polar surface area (TPSA) is 20.2 Å². The molecule has 0 saturated heterocycles. The van der Waals surface area contributed by atoms with Crippen molar-refractivity contribution in [2.24, 2.45) is 28.6 Å². The third kappa shape index (κ3) is 5.62. The molecule has 0 spiro atoms. The molecule has 0 bridgehead atoms. The van der Waals surface area contributed by atoms with Gasteiger partial charge in [0.15, 0.2) is 0 Å². The predicted molar refractivity (Wildman–Crippen MR) is 140 cm³/mol. The molecule has 1 fully saturated rings. The Morgan fingerprint density at radius 1 is 1.22 bits per heavy atom. The molecule has 180 valence electrons. The summed E-state index contributed by atoms with van der Waals surface area (Å²) in [7, 11) is 0. The second kappa shape index (κ2) is 11.7. The van der Waals surface area contributed by atoms with Crippen LogP contribution in [0.4, 0.5) is 0 Å². The Morgan fingerprint density at radius 2 is 1.94 bits per heavy atom. The zero-order chi connectivity index (χ0) is 23.9. The summed E-state index contributed by atoms with van der Waals surface area (Å²) in [6, 6.07) is 0. The number of aliphatic hydroxyl groups excluding tert-OH is 1. The smallest absolute Gasteiger partial charge is 0.0636 e. The van der Waals surface area contributed by atoms with E-state index in [1.54, 1.807) is 5.57 Å². The van der Waals surface area contributed by atoms with E-state index in [-0.39, 0.29) is 16.9 Å². The Kier molecular flexibility index (Phi) is 9.90. The second-order valence-electron chi connectivity index (χ2n) is 11.2. The molecule has 1 N–H and O–H groups in total. The van der Waals surface area contributed by atoms with Crippen LogP contribution in [0.25, 0.3) is 0 Å². The first kappa shape index (κ1) is 27.0. The van der Waals surface area contributed by atoms with Crippen LogP contribution in [0.2, 0.25) is 0 Å². The van der Waals surface area contributed by atoms with Gasteiger partial charge >= 0.3 is 0 Å². The number of aliphatic hydroxyl groups is 1. The average Bonchev–Trinajstić information content (AvgIpc) is 3.05. The van der Waals surface area contributed by atoms with Gasteiger partial charge in [0.1, 0.15) is 0 Å². The minimum atomic E-state index is -0.217. The molecular formula is C31H50O. The van der Waals surface area contributed by atoms with Crippen molar-refractivity contribution in [2.45, 2.75) is 118 Å². The highest BCUT2D eigenvalue weighted by atomic mass is 16.3. The standard InChI is InChI=1S/C31H50O/c1-9-12-15-23(4)16-14-17-26-18-19-27(31(26,8)20-11-3)29-24(5)22-28(32)30(7,25(29)6)21-13-10-2/h11,24,26-28,32H,3-4,9-10,13-14,16-22H2,1-2,5-8H3. The maximum atomic E-state index is 11.1. The van der Waals surface area contributed by atoms with Crippen LogP contribution >= 0.6 is 0 Å². The molecule has 32 heavy (non-hydrogen) atoms. The first-order valence-electron chi connectivity index (χ1n) is 13.3. The lowest BCUT2D eigenvalue weighted by atomic mass is 9.58. The van der Waals surface area contributed by atoms with Crippen LogP contribution in [-0.4, -0.2) is 11.2 Å². The molecule has 0 aromatic carbocycles. The number of unbranched alkanes of at least 4 members (excludes halogenated alkanes) is 1. The Labute approximate surface area is 199 Å². The Hall–Kier alpha value is -1.26. The van der Waals surface area contributed by atoms with E-state index in [4.69, 9.17) is 0 Å². The van der Waals surface area contributed by atoms with Gasteiger partial charge in [-0.25, -0.2) is 0 Å². The quantitative estimate of drug-likeness (QED) is 0.267. The Bertz CT molecular complexity index is 746. The largest absolute Gasteiger partial charge is 0.392 e. The predicted octanol–water partition coefficient (Wildman–Crippen LogP) is 8.65. The lowest BCUT2D eigenvalue weighted by Gasteiger charge is -2.48. The van der Waals surface area contributed by atoms with Gasteiger partial charge in [-0.15, -0.1) is 6.58 Å². The molecule has 6 atom stereocenters. The second-order valence-corrected chi connectivity index (χ2v) is 11.2. The molecule has 6 unspecified atom stereocenters. The van der Waals surface area contributed by atoms with E-state index in [1.165, 1.54) is 44.1 Å². The van der Waals surface area contributed by atoms with Crippen molar-refractivity contribution in [2.75, 3.05) is 0 Å². The zero-order valence-electron chi connectivity index (χ0n) is 22.0. The fourth-order valence-corrected chi connectivity index (χ4v) is 6.93. The van der Waals surface area contributed by atoms with E-state index < -0.39 is 0 Å². The van der Waals surface area contributed by atoms with Crippen LogP contribution in [0, 0.1) is 40.4 Å². The van der Waals surface area contributed by atoms with Crippen molar-refractivity contribution < 1.29 is 5.11 Å². The number of hydrogen-bond acceptors (Lipinski definition) is 1. The number of allylic oxidation sites excluding steroid dienone is 3. The van der Waals surface area contributed by atoms with Gasteiger partial charge in [-0.3, -0.25) is 0 Å². The van der Waals surface area contributed by atoms with E-state index in [0.717, 1.165) is 43.6 Å². The third-order valence-corrected chi connectivity index (χ3v) is 9.15. The first-order valence-corrected chi connectivity index (χ1v) is 13.3. The summed E-state index contributed by atoms with van der Waals surface area (Å²) in [6.07, 6.45) is 14.4. The highest BCUT2D eigenvalue weighted by molar-refractivity contribution is 5.32. The number of rotatable bonds is 10. The summed E-state index contributed by atoms with van der Waals surface area (Å²) in [5.74, 6) is 8.17. The van der Waals surface area contributed by atoms with Crippen LogP contribution in [0.15, 0.2) is 36.0 Å². The molecule has 1 nitrogen and oxygen atoms in total. The summed E-state index contributed by atoms with van der Waals surface area (Å²) in [5.41, 5.74) is 4.46. The lowest BCUT2D eigenvalue weighted by Crippen LogP contribution is -2.43. The highest BCUT2D eigenvalue weighted by Crippen LogP contribution is 2.59. The van der Waals surface area contributed by atoms with Crippen molar-refractivity contribution >= 4 is 0 Å². The van der Waals surface area contributed by atoms with Crippen molar-refractivity contribution in [1.29, 1.82) is 0 Å². The van der Waals surface area contributed by atoms with Gasteiger partial charge in [0.05, 0.1) is 6.10 Å². The molecule has 1 heteroatoms. The first-order chi connectivity index (χ1) is 15.2. The summed E-state index contributed by atoms with van der Waals surface area (Å²) in [4.78, 5) is 0. The van der Waals surface area contributed by atoms with Crippen molar-refractivity contribution in [3.05, 3.63) is 36.0 Å².